The van der Waals surface area contributed by atoms with Gasteiger partial charge in [0, 0.05) is 21.3 Å². The van der Waals surface area contributed by atoms with Crippen LogP contribution in [0.15, 0.2) is 12.2 Å². The van der Waals surface area contributed by atoms with Gasteiger partial charge in [-0.3, -0.25) is 4.79 Å². The molecule has 0 unspecified atom stereocenters. The Bertz CT molecular complexity index is 166. The van der Waals surface area contributed by atoms with Gasteiger partial charge in [-0.15, -0.1) is 0 Å². The molecular weight excluding hydrogens is 176 g/mol. The molecule has 0 heterocycles. The van der Waals surface area contributed by atoms with E-state index in [9.17, 15) is 4.79 Å². The molecule has 4 nitrogen and oxygen atoms in total. The van der Waals surface area contributed by atoms with Crippen LogP contribution in [0.25, 0.3) is 0 Å². The van der Waals surface area contributed by atoms with Crippen molar-refractivity contribution in [1.29, 1.82) is 0 Å². The average molecular weight is 190 g/mol. The summed E-state index contributed by atoms with van der Waals surface area (Å²) in [6.45, 7) is 1.75. The molecule has 0 aliphatic rings. The minimum atomic E-state index is -3.07. The summed E-state index contributed by atoms with van der Waals surface area (Å²) in [5.41, 5.74) is 0. The zero-order chi connectivity index (χ0) is 9.61. The standard InChI is InChI=1S/C7H14O4Si/c1-5-6-7(8)12(9-2,10-3)11-4/h5-6H,1-4H3/b6-5+. The third-order valence-corrected chi connectivity index (χ3v) is 3.81. The lowest BCUT2D eigenvalue weighted by molar-refractivity contribution is -0.114. The molecule has 0 aromatic rings. The molecule has 0 aliphatic carbocycles. The first-order chi connectivity index (χ1) is 5.66. The van der Waals surface area contributed by atoms with Crippen LogP contribution in [-0.4, -0.2) is 35.5 Å². The normalized spacial score (nSPS) is 12.3. The summed E-state index contributed by atoms with van der Waals surface area (Å²) in [5, 5.41) is -0.238. The van der Waals surface area contributed by atoms with Crippen molar-refractivity contribution in [3.05, 3.63) is 12.2 Å². The molecule has 0 spiro atoms. The van der Waals surface area contributed by atoms with E-state index in [1.54, 1.807) is 13.0 Å². The predicted octanol–water partition coefficient (Wildman–Crippen LogP) is 0.549. The van der Waals surface area contributed by atoms with E-state index in [0.29, 0.717) is 0 Å². The Morgan fingerprint density at radius 1 is 1.17 bits per heavy atom. The molecule has 0 radical (unpaired) electrons. The van der Waals surface area contributed by atoms with Crippen LogP contribution in [0, 0.1) is 0 Å². The summed E-state index contributed by atoms with van der Waals surface area (Å²) in [6.07, 6.45) is 3.02. The number of carbonyl (C=O) groups excluding carboxylic acids is 1. The summed E-state index contributed by atoms with van der Waals surface area (Å²) >= 11 is 0. The van der Waals surface area contributed by atoms with Crippen LogP contribution in [0.5, 0.6) is 0 Å². The average Bonchev–Trinajstić information content (AvgIpc) is 2.09. The highest BCUT2D eigenvalue weighted by molar-refractivity contribution is 6.94. The number of carbonyl (C=O) groups is 1. The Labute approximate surface area is 73.5 Å². The van der Waals surface area contributed by atoms with Gasteiger partial charge in [0.2, 0.25) is 5.41 Å². The number of allylic oxidation sites excluding steroid dienone is 2. The highest BCUT2D eigenvalue weighted by atomic mass is 28.4. The first-order valence-corrected chi connectivity index (χ1v) is 5.22. The second-order valence-corrected chi connectivity index (χ2v) is 4.86. The molecule has 0 saturated heterocycles. The quantitative estimate of drug-likeness (QED) is 0.469. The third kappa shape index (κ3) is 2.24. The number of rotatable bonds is 5. The Morgan fingerprint density at radius 2 is 1.58 bits per heavy atom. The van der Waals surface area contributed by atoms with Crippen LogP contribution >= 0.6 is 0 Å². The summed E-state index contributed by atoms with van der Waals surface area (Å²) in [7, 11) is 1.14. The van der Waals surface area contributed by atoms with Crippen LogP contribution in [0.1, 0.15) is 6.92 Å². The van der Waals surface area contributed by atoms with E-state index >= 15 is 0 Å². The largest absolute Gasteiger partial charge is 0.578 e. The number of hydrogen-bond donors (Lipinski definition) is 0. The highest BCUT2D eigenvalue weighted by Crippen LogP contribution is 2.07. The van der Waals surface area contributed by atoms with Crippen molar-refractivity contribution < 1.29 is 18.1 Å². The Kier molecular flexibility index (Phi) is 4.99. The second-order valence-electron chi connectivity index (χ2n) is 2.03. The van der Waals surface area contributed by atoms with Crippen molar-refractivity contribution >= 4 is 14.2 Å². The van der Waals surface area contributed by atoms with E-state index in [4.69, 9.17) is 13.3 Å². The van der Waals surface area contributed by atoms with E-state index in [1.807, 2.05) is 0 Å². The van der Waals surface area contributed by atoms with Gasteiger partial charge in [-0.1, -0.05) is 6.08 Å². The van der Waals surface area contributed by atoms with Crippen LogP contribution in [0.3, 0.4) is 0 Å². The van der Waals surface area contributed by atoms with Crippen molar-refractivity contribution in [1.82, 2.24) is 0 Å². The highest BCUT2D eigenvalue weighted by Gasteiger charge is 2.45. The van der Waals surface area contributed by atoms with E-state index in [2.05, 4.69) is 0 Å². The van der Waals surface area contributed by atoms with E-state index in [0.717, 1.165) is 0 Å². The molecule has 0 aromatic carbocycles. The van der Waals surface area contributed by atoms with Gasteiger partial charge < -0.3 is 13.3 Å². The molecule has 0 atom stereocenters. The SMILES string of the molecule is C/C=C/C(=O)[Si](OC)(OC)OC. The van der Waals surface area contributed by atoms with Crippen molar-refractivity contribution in [2.45, 2.75) is 6.92 Å². The van der Waals surface area contributed by atoms with Gasteiger partial charge in [0.25, 0.3) is 0 Å². The second kappa shape index (κ2) is 5.21. The molecule has 0 aliphatic heterocycles. The fourth-order valence-corrected chi connectivity index (χ4v) is 2.28. The summed E-state index contributed by atoms with van der Waals surface area (Å²) in [5.74, 6) is 0. The maximum Gasteiger partial charge on any atom is 0.578 e. The smallest absolute Gasteiger partial charge is 0.372 e. The fraction of sp³-hybridized carbons (Fsp3) is 0.571. The van der Waals surface area contributed by atoms with Crippen molar-refractivity contribution in [3.63, 3.8) is 0 Å². The van der Waals surface area contributed by atoms with Crippen molar-refractivity contribution in [3.8, 4) is 0 Å². The molecule has 5 heteroatoms. The van der Waals surface area contributed by atoms with E-state index in [-0.39, 0.29) is 5.41 Å². The van der Waals surface area contributed by atoms with Gasteiger partial charge in [0.1, 0.15) is 0 Å². The van der Waals surface area contributed by atoms with E-state index < -0.39 is 8.80 Å². The molecule has 0 rings (SSSR count). The molecule has 0 amide bonds. The monoisotopic (exact) mass is 190 g/mol. The van der Waals surface area contributed by atoms with Crippen LogP contribution in [0.4, 0.5) is 0 Å². The lowest BCUT2D eigenvalue weighted by Gasteiger charge is -2.20. The zero-order valence-electron chi connectivity index (χ0n) is 7.79. The first kappa shape index (κ1) is 11.5. The molecule has 0 saturated carbocycles. The minimum absolute atomic E-state index is 0.238. The summed E-state index contributed by atoms with van der Waals surface area (Å²) in [6, 6.07) is 0. The Balaban J connectivity index is 4.58. The molecule has 12 heavy (non-hydrogen) atoms. The molecule has 0 fully saturated rings. The maximum absolute atomic E-state index is 11.4. The van der Waals surface area contributed by atoms with Crippen molar-refractivity contribution in [2.24, 2.45) is 0 Å². The molecule has 0 N–H and O–H groups in total. The van der Waals surface area contributed by atoms with Crippen LogP contribution in [0.2, 0.25) is 0 Å². The van der Waals surface area contributed by atoms with Gasteiger partial charge in [0.15, 0.2) is 0 Å². The lowest BCUT2D eigenvalue weighted by Crippen LogP contribution is -2.50. The molecule has 0 aromatic heterocycles. The van der Waals surface area contributed by atoms with Crippen LogP contribution in [-0.2, 0) is 18.1 Å². The van der Waals surface area contributed by atoms with Gasteiger partial charge >= 0.3 is 8.80 Å². The summed E-state index contributed by atoms with van der Waals surface area (Å²) < 4.78 is 14.8. The Hall–Kier alpha value is -0.493. The maximum atomic E-state index is 11.4. The fourth-order valence-electron chi connectivity index (χ4n) is 0.805. The van der Waals surface area contributed by atoms with Gasteiger partial charge in [-0.25, -0.2) is 0 Å². The summed E-state index contributed by atoms with van der Waals surface area (Å²) in [4.78, 5) is 11.4. The molecule has 70 valence electrons. The molecular formula is C7H14O4Si. The minimum Gasteiger partial charge on any atom is -0.372 e. The van der Waals surface area contributed by atoms with Crippen molar-refractivity contribution in [2.75, 3.05) is 21.3 Å². The Morgan fingerprint density at radius 3 is 1.83 bits per heavy atom. The van der Waals surface area contributed by atoms with Gasteiger partial charge in [0.05, 0.1) is 0 Å². The topological polar surface area (TPSA) is 44.8 Å². The van der Waals surface area contributed by atoms with Gasteiger partial charge in [-0.05, 0) is 13.0 Å². The zero-order valence-corrected chi connectivity index (χ0v) is 8.79. The number of hydrogen-bond acceptors (Lipinski definition) is 4. The van der Waals surface area contributed by atoms with Gasteiger partial charge in [-0.2, -0.15) is 0 Å². The van der Waals surface area contributed by atoms with E-state index in [1.165, 1.54) is 27.4 Å². The van der Waals surface area contributed by atoms with Crippen LogP contribution < -0.4 is 0 Å². The lowest BCUT2D eigenvalue weighted by atomic mass is 10.6. The predicted molar refractivity (Wildman–Crippen MR) is 46.6 cm³/mol. The molecule has 0 bridgehead atoms. The first-order valence-electron chi connectivity index (χ1n) is 3.49. The third-order valence-electron chi connectivity index (χ3n) is 1.43.